The molecule has 1 aromatic carbocycles. The Morgan fingerprint density at radius 3 is 1.46 bits per heavy atom. The van der Waals surface area contributed by atoms with Gasteiger partial charge in [0.1, 0.15) is 11.5 Å². The van der Waals surface area contributed by atoms with E-state index in [9.17, 15) is 0 Å². The van der Waals surface area contributed by atoms with E-state index < -0.39 is 0 Å². The van der Waals surface area contributed by atoms with E-state index in [1.54, 1.807) is 0 Å². The third-order valence-electron chi connectivity index (χ3n) is 3.09. The SMILES string of the molecule is CCOc1cc(OCC)cc(P(C(C)(C)C)C(C)(C)C)c1.Cl[CH2][Pd]. The van der Waals surface area contributed by atoms with Gasteiger partial charge in [-0.1, -0.05) is 49.5 Å². The molecule has 0 aromatic heterocycles. The second-order valence-corrected chi connectivity index (χ2v) is 12.6. The van der Waals surface area contributed by atoms with Crippen molar-refractivity contribution in [3.63, 3.8) is 0 Å². The summed E-state index contributed by atoms with van der Waals surface area (Å²) in [6, 6.07) is 6.40. The predicted octanol–water partition coefficient (Wildman–Crippen LogP) is 5.92. The van der Waals surface area contributed by atoms with Crippen molar-refractivity contribution in [3.05, 3.63) is 18.2 Å². The van der Waals surface area contributed by atoms with Gasteiger partial charge in [-0.05, 0) is 41.6 Å². The molecular formula is C19H33ClO2PPd. The molecule has 2 nitrogen and oxygen atoms in total. The van der Waals surface area contributed by atoms with Crippen LogP contribution in [0.25, 0.3) is 0 Å². The van der Waals surface area contributed by atoms with Crippen LogP contribution in [0, 0.1) is 0 Å². The fraction of sp³-hybridized carbons (Fsp3) is 0.684. The number of halogens is 1. The van der Waals surface area contributed by atoms with Crippen LogP contribution in [-0.2, 0) is 19.2 Å². The van der Waals surface area contributed by atoms with Gasteiger partial charge in [0.15, 0.2) is 0 Å². The summed E-state index contributed by atoms with van der Waals surface area (Å²) in [7, 11) is -0.352. The average Bonchev–Trinajstić information content (AvgIpc) is 2.36. The Morgan fingerprint density at radius 1 is 0.875 bits per heavy atom. The van der Waals surface area contributed by atoms with Crippen LogP contribution in [0.1, 0.15) is 55.4 Å². The normalized spacial score (nSPS) is 11.8. The molecule has 0 aliphatic rings. The molecule has 0 unspecified atom stereocenters. The van der Waals surface area contributed by atoms with E-state index in [0.29, 0.717) is 17.6 Å². The van der Waals surface area contributed by atoms with Gasteiger partial charge < -0.3 is 9.47 Å². The summed E-state index contributed by atoms with van der Waals surface area (Å²) in [5.74, 6) is 1.83. The van der Waals surface area contributed by atoms with Crippen LogP contribution in [0.15, 0.2) is 18.2 Å². The van der Waals surface area contributed by atoms with E-state index in [4.69, 9.17) is 21.1 Å². The standard InChI is InChI=1S/C18H31O2P.CH2Cl.Pd/c1-9-19-14-11-15(20-10-2)13-16(12-14)21(17(3,4)5)18(6,7)8;1-2;/h11-13H,9-10H2,1-8H3;1H2;. The third-order valence-corrected chi connectivity index (χ3v) is 6.54. The maximum absolute atomic E-state index is 5.74. The Balaban J connectivity index is 0.00000163. The molecule has 143 valence electrons. The van der Waals surface area contributed by atoms with Crippen molar-refractivity contribution in [2.24, 2.45) is 0 Å². The number of benzene rings is 1. The van der Waals surface area contributed by atoms with Crippen LogP contribution in [0.3, 0.4) is 0 Å². The van der Waals surface area contributed by atoms with Crippen LogP contribution in [-0.4, -0.2) is 27.9 Å². The summed E-state index contributed by atoms with van der Waals surface area (Å²) >= 11 is 7.64. The second kappa shape index (κ2) is 11.0. The van der Waals surface area contributed by atoms with Crippen molar-refractivity contribution in [3.8, 4) is 11.5 Å². The first-order valence-electron chi connectivity index (χ1n) is 8.29. The van der Waals surface area contributed by atoms with E-state index in [2.05, 4.69) is 72.9 Å². The summed E-state index contributed by atoms with van der Waals surface area (Å²) in [4.78, 5) is 0. The van der Waals surface area contributed by atoms with Crippen molar-refractivity contribution in [1.29, 1.82) is 0 Å². The maximum atomic E-state index is 5.74. The van der Waals surface area contributed by atoms with Gasteiger partial charge >= 0.3 is 35.2 Å². The molecule has 0 spiro atoms. The molecule has 0 heterocycles. The van der Waals surface area contributed by atoms with Gasteiger partial charge in [0.05, 0.1) is 13.2 Å². The summed E-state index contributed by atoms with van der Waals surface area (Å²) in [5.41, 5.74) is 0. The van der Waals surface area contributed by atoms with Crippen LogP contribution in [0.4, 0.5) is 0 Å². The van der Waals surface area contributed by atoms with Gasteiger partial charge in [-0.15, -0.1) is 0 Å². The van der Waals surface area contributed by atoms with Gasteiger partial charge in [-0.3, -0.25) is 0 Å². The van der Waals surface area contributed by atoms with Crippen molar-refractivity contribution < 1.29 is 28.7 Å². The second-order valence-electron chi connectivity index (χ2n) is 7.29. The molecule has 1 aromatic rings. The monoisotopic (exact) mass is 465 g/mol. The molecule has 5 heteroatoms. The first-order chi connectivity index (χ1) is 11.0. The van der Waals surface area contributed by atoms with Crippen LogP contribution in [0.2, 0.25) is 0 Å². The number of alkyl halides is 1. The molecule has 24 heavy (non-hydrogen) atoms. The summed E-state index contributed by atoms with van der Waals surface area (Å²) < 4.78 is 12.1. The van der Waals surface area contributed by atoms with E-state index in [0.717, 1.165) is 11.5 Å². The first kappa shape index (κ1) is 24.2. The van der Waals surface area contributed by atoms with Crippen LogP contribution in [0.5, 0.6) is 11.5 Å². The van der Waals surface area contributed by atoms with Crippen molar-refractivity contribution in [2.75, 3.05) is 17.6 Å². The topological polar surface area (TPSA) is 18.5 Å². The Kier molecular flexibility index (Phi) is 11.1. The molecule has 0 radical (unpaired) electrons. The Labute approximate surface area is 166 Å². The molecule has 1 rings (SSSR count). The Bertz CT molecular complexity index is 443. The summed E-state index contributed by atoms with van der Waals surface area (Å²) in [5, 5.41) is 1.84. The molecular weight excluding hydrogens is 433 g/mol. The number of ether oxygens (including phenoxy) is 2. The molecule has 0 fully saturated rings. The Morgan fingerprint density at radius 2 is 1.21 bits per heavy atom. The van der Waals surface area contributed by atoms with E-state index in [1.165, 1.54) is 5.30 Å². The number of hydrogen-bond acceptors (Lipinski definition) is 2. The number of hydrogen-bond donors (Lipinski definition) is 0. The third kappa shape index (κ3) is 8.53. The van der Waals surface area contributed by atoms with Crippen molar-refractivity contribution in [1.82, 2.24) is 0 Å². The zero-order valence-corrected chi connectivity index (χ0v) is 19.5. The van der Waals surface area contributed by atoms with E-state index >= 15 is 0 Å². The van der Waals surface area contributed by atoms with Gasteiger partial charge in [-0.25, -0.2) is 0 Å². The van der Waals surface area contributed by atoms with Crippen molar-refractivity contribution in [2.45, 2.75) is 65.7 Å². The minimum atomic E-state index is -0.352. The molecule has 0 atom stereocenters. The zero-order valence-electron chi connectivity index (χ0n) is 16.3. The zero-order chi connectivity index (χ0) is 19.0. The fourth-order valence-electron chi connectivity index (χ4n) is 2.97. The predicted molar refractivity (Wildman–Crippen MR) is 106 cm³/mol. The summed E-state index contributed by atoms with van der Waals surface area (Å²) in [6.07, 6.45) is 0. The van der Waals surface area contributed by atoms with Gasteiger partial charge in [0, 0.05) is 6.07 Å². The molecule has 0 saturated heterocycles. The van der Waals surface area contributed by atoms with E-state index in [1.807, 2.05) is 19.9 Å². The molecule has 0 N–H and O–H groups in total. The molecule has 0 aliphatic heterocycles. The van der Waals surface area contributed by atoms with Crippen LogP contribution >= 0.6 is 19.5 Å². The quantitative estimate of drug-likeness (QED) is 0.305. The van der Waals surface area contributed by atoms with E-state index in [-0.39, 0.29) is 18.2 Å². The molecule has 0 amide bonds. The molecule has 0 aliphatic carbocycles. The Hall–Kier alpha value is 0.202. The van der Waals surface area contributed by atoms with Gasteiger partial charge in [0.2, 0.25) is 0 Å². The van der Waals surface area contributed by atoms with Gasteiger partial charge in [-0.2, -0.15) is 0 Å². The fourth-order valence-corrected chi connectivity index (χ4v) is 7.04. The summed E-state index contributed by atoms with van der Waals surface area (Å²) in [6.45, 7) is 19.4. The average molecular weight is 466 g/mol. The number of rotatable bonds is 5. The van der Waals surface area contributed by atoms with Crippen LogP contribution < -0.4 is 14.8 Å². The minimum absolute atomic E-state index is 0.238. The molecule has 0 saturated carbocycles. The van der Waals surface area contributed by atoms with Gasteiger partial charge in [0.25, 0.3) is 0 Å². The molecule has 0 bridgehead atoms. The first-order valence-corrected chi connectivity index (χ1v) is 11.3. The van der Waals surface area contributed by atoms with Crippen molar-refractivity contribution >= 4 is 24.8 Å².